The first-order valence-corrected chi connectivity index (χ1v) is 18.4. The number of hydrogen-bond donors (Lipinski definition) is 4. The summed E-state index contributed by atoms with van der Waals surface area (Å²) in [6, 6.07) is 5.41. The zero-order valence-electron chi connectivity index (χ0n) is 30.6. The van der Waals surface area contributed by atoms with Gasteiger partial charge in [-0.3, -0.25) is 24.0 Å². The van der Waals surface area contributed by atoms with Crippen molar-refractivity contribution in [2.75, 3.05) is 13.1 Å². The fourth-order valence-corrected chi connectivity index (χ4v) is 6.66. The number of nitrogens with zero attached hydrogens (tertiary/aromatic N) is 1. The molecule has 50 heavy (non-hydrogen) atoms. The Labute approximate surface area is 297 Å². The molecular formula is C38H59N5O7. The third-order valence-corrected chi connectivity index (χ3v) is 10.3. The van der Waals surface area contributed by atoms with Gasteiger partial charge < -0.3 is 31.3 Å². The largest absolute Gasteiger partial charge is 0.460 e. The standard InChI is InChI=1S/C33H49N5O7.C5H10/c1-6-20(2)23-16-25(30(42)36-24(27(40)29(34)41)15-21-13-10-14-21)38(18-23)31(43)28(33(3,4)5)37-32(44)35-17-26(39)45-19-22-11-8-7-9-12-22;1-2-4-5-3-1/h7-9,11-12,20-21,23-25,28H,6,10,13-19H2,1-5H3,(H2,34,41)(H,36,42)(H2,35,37,44);1-5H2/t20?,23-,24?,25?,28?;/m1./s1. The zero-order chi connectivity index (χ0) is 36.8. The summed E-state index contributed by atoms with van der Waals surface area (Å²) in [6.07, 6.45) is 11.9. The van der Waals surface area contributed by atoms with Gasteiger partial charge in [0.25, 0.3) is 5.91 Å². The Balaban J connectivity index is 0.00000124. The number of esters is 1. The Kier molecular flexibility index (Phi) is 15.7. The fourth-order valence-electron chi connectivity index (χ4n) is 6.66. The molecule has 4 rings (SSSR count). The summed E-state index contributed by atoms with van der Waals surface area (Å²) in [7, 11) is 0. The maximum Gasteiger partial charge on any atom is 0.325 e. The van der Waals surface area contributed by atoms with Crippen molar-refractivity contribution in [1.82, 2.24) is 20.9 Å². The maximum atomic E-state index is 14.1. The van der Waals surface area contributed by atoms with E-state index in [1.54, 1.807) is 20.8 Å². The summed E-state index contributed by atoms with van der Waals surface area (Å²) in [5, 5.41) is 7.90. The first-order valence-electron chi connectivity index (χ1n) is 18.4. The van der Waals surface area contributed by atoms with Crippen LogP contribution in [0.4, 0.5) is 4.79 Å². The average molecular weight is 698 g/mol. The van der Waals surface area contributed by atoms with Gasteiger partial charge in [0, 0.05) is 6.54 Å². The lowest BCUT2D eigenvalue weighted by Gasteiger charge is -2.36. The molecular weight excluding hydrogens is 638 g/mol. The minimum atomic E-state index is -1.11. The number of primary amides is 1. The van der Waals surface area contributed by atoms with Gasteiger partial charge in [-0.2, -0.15) is 0 Å². The number of likely N-dealkylation sites (tertiary alicyclic amines) is 1. The Morgan fingerprint density at radius 3 is 2.08 bits per heavy atom. The number of benzene rings is 1. The van der Waals surface area contributed by atoms with E-state index in [2.05, 4.69) is 22.9 Å². The predicted molar refractivity (Wildman–Crippen MR) is 190 cm³/mol. The van der Waals surface area contributed by atoms with Crippen LogP contribution in [0.1, 0.15) is 111 Å². The first-order chi connectivity index (χ1) is 23.7. The molecule has 12 nitrogen and oxygen atoms in total. The summed E-state index contributed by atoms with van der Waals surface area (Å²) in [4.78, 5) is 78.8. The molecule has 1 saturated heterocycles. The van der Waals surface area contributed by atoms with Gasteiger partial charge in [-0.25, -0.2) is 4.79 Å². The predicted octanol–water partition coefficient (Wildman–Crippen LogP) is 4.39. The third kappa shape index (κ3) is 12.4. The molecule has 0 aromatic heterocycles. The van der Waals surface area contributed by atoms with E-state index in [9.17, 15) is 28.8 Å². The van der Waals surface area contributed by atoms with Crippen molar-refractivity contribution in [3.8, 4) is 0 Å². The van der Waals surface area contributed by atoms with Crippen LogP contribution in [-0.4, -0.2) is 71.6 Å². The molecule has 5 N–H and O–H groups in total. The molecule has 0 spiro atoms. The Bertz CT molecular complexity index is 1300. The maximum absolute atomic E-state index is 14.1. The molecule has 0 radical (unpaired) electrons. The number of ether oxygens (including phenoxy) is 1. The van der Waals surface area contributed by atoms with Gasteiger partial charge >= 0.3 is 12.0 Å². The summed E-state index contributed by atoms with van der Waals surface area (Å²) >= 11 is 0. The average Bonchev–Trinajstić information content (AvgIpc) is 3.80. The highest BCUT2D eigenvalue weighted by atomic mass is 16.5. The van der Waals surface area contributed by atoms with Crippen molar-refractivity contribution < 1.29 is 33.5 Å². The monoisotopic (exact) mass is 697 g/mol. The molecule has 1 aromatic carbocycles. The van der Waals surface area contributed by atoms with Crippen LogP contribution < -0.4 is 21.7 Å². The third-order valence-electron chi connectivity index (χ3n) is 10.3. The number of Topliss-reactive ketones (excluding diaryl/α,β-unsaturated/α-hetero) is 1. The molecule has 1 aromatic rings. The summed E-state index contributed by atoms with van der Waals surface area (Å²) in [6.45, 7) is 9.45. The molecule has 0 bridgehead atoms. The SMILES string of the molecule is C1CCCC1.CCC(C)[C@@H]1CC(C(=O)NC(CC2CCC2)C(=O)C(N)=O)N(C(=O)C(NC(=O)NCC(=O)OCc2ccccc2)C(C)(C)C)C1. The van der Waals surface area contributed by atoms with Crippen molar-refractivity contribution in [2.45, 2.75) is 130 Å². The number of hydrogen-bond acceptors (Lipinski definition) is 7. The van der Waals surface area contributed by atoms with Crippen molar-refractivity contribution in [3.63, 3.8) is 0 Å². The van der Waals surface area contributed by atoms with Crippen molar-refractivity contribution in [2.24, 2.45) is 28.9 Å². The molecule has 5 amide bonds. The molecule has 5 atom stereocenters. The van der Waals surface area contributed by atoms with Crippen LogP contribution >= 0.6 is 0 Å². The minimum Gasteiger partial charge on any atom is -0.460 e. The van der Waals surface area contributed by atoms with Crippen LogP contribution in [0.15, 0.2) is 30.3 Å². The number of nitrogens with one attached hydrogen (secondary N) is 3. The van der Waals surface area contributed by atoms with Crippen LogP contribution in [0.3, 0.4) is 0 Å². The van der Waals surface area contributed by atoms with Gasteiger partial charge in [-0.15, -0.1) is 0 Å². The van der Waals surface area contributed by atoms with E-state index in [1.165, 1.54) is 37.0 Å². The second kappa shape index (κ2) is 19.4. The summed E-state index contributed by atoms with van der Waals surface area (Å²) < 4.78 is 5.21. The number of carbonyl (C=O) groups is 6. The van der Waals surface area contributed by atoms with E-state index in [1.807, 2.05) is 37.3 Å². The first kappa shape index (κ1) is 40.5. The molecule has 1 aliphatic heterocycles. The molecule has 3 aliphatic rings. The topological polar surface area (TPSA) is 177 Å². The Hall–Kier alpha value is -3.96. The van der Waals surface area contributed by atoms with E-state index >= 15 is 0 Å². The number of nitrogens with two attached hydrogens (primary N) is 1. The lowest BCUT2D eigenvalue weighted by molar-refractivity contribution is -0.143. The highest BCUT2D eigenvalue weighted by Gasteiger charge is 2.46. The lowest BCUT2D eigenvalue weighted by Crippen LogP contribution is -2.60. The van der Waals surface area contributed by atoms with Gasteiger partial charge in [0.1, 0.15) is 25.2 Å². The number of carbonyl (C=O) groups excluding carboxylic acids is 6. The van der Waals surface area contributed by atoms with Gasteiger partial charge in [-0.05, 0) is 41.6 Å². The lowest BCUT2D eigenvalue weighted by atomic mass is 9.80. The molecule has 278 valence electrons. The van der Waals surface area contributed by atoms with E-state index < -0.39 is 65.6 Å². The number of ketones is 1. The highest BCUT2D eigenvalue weighted by molar-refractivity contribution is 6.37. The second-order valence-electron chi connectivity index (χ2n) is 15.3. The smallest absolute Gasteiger partial charge is 0.325 e. The minimum absolute atomic E-state index is 0.0143. The van der Waals surface area contributed by atoms with Crippen molar-refractivity contribution in [3.05, 3.63) is 35.9 Å². The molecule has 2 aliphatic carbocycles. The van der Waals surface area contributed by atoms with Gasteiger partial charge in [0.15, 0.2) is 0 Å². The molecule has 1 heterocycles. The van der Waals surface area contributed by atoms with E-state index in [4.69, 9.17) is 10.5 Å². The Morgan fingerprint density at radius 2 is 1.56 bits per heavy atom. The van der Waals surface area contributed by atoms with Crippen LogP contribution in [0.2, 0.25) is 0 Å². The van der Waals surface area contributed by atoms with Crippen molar-refractivity contribution >= 4 is 35.5 Å². The Morgan fingerprint density at radius 1 is 0.940 bits per heavy atom. The summed E-state index contributed by atoms with van der Waals surface area (Å²) in [5.41, 5.74) is 5.35. The van der Waals surface area contributed by atoms with Crippen LogP contribution in [0, 0.1) is 23.2 Å². The van der Waals surface area contributed by atoms with Gasteiger partial charge in [0.2, 0.25) is 17.6 Å². The quantitative estimate of drug-likeness (QED) is 0.165. The number of urea groups is 1. The van der Waals surface area contributed by atoms with Gasteiger partial charge in [-0.1, -0.05) is 123 Å². The molecule has 4 unspecified atom stereocenters. The number of rotatable bonds is 14. The van der Waals surface area contributed by atoms with E-state index in [0.717, 1.165) is 31.2 Å². The molecule has 3 fully saturated rings. The molecule has 12 heteroatoms. The summed E-state index contributed by atoms with van der Waals surface area (Å²) in [5.74, 6) is -3.12. The normalized spacial score (nSPS) is 20.6. The fraction of sp³-hybridized carbons (Fsp3) is 0.684. The molecule has 2 saturated carbocycles. The van der Waals surface area contributed by atoms with E-state index in [-0.39, 0.29) is 24.4 Å². The van der Waals surface area contributed by atoms with Crippen LogP contribution in [0.25, 0.3) is 0 Å². The second-order valence-corrected chi connectivity index (χ2v) is 15.3. The zero-order valence-corrected chi connectivity index (χ0v) is 30.6. The van der Waals surface area contributed by atoms with Crippen LogP contribution in [0.5, 0.6) is 0 Å². The van der Waals surface area contributed by atoms with E-state index in [0.29, 0.717) is 19.4 Å². The number of amides is 5. The highest BCUT2D eigenvalue weighted by Crippen LogP contribution is 2.34. The van der Waals surface area contributed by atoms with Gasteiger partial charge in [0.05, 0.1) is 6.04 Å². The van der Waals surface area contributed by atoms with Crippen molar-refractivity contribution in [1.29, 1.82) is 0 Å². The van der Waals surface area contributed by atoms with Crippen LogP contribution in [-0.2, 0) is 35.3 Å².